The molecule has 4 rings (SSSR count). The molecule has 0 aliphatic carbocycles. The average Bonchev–Trinajstić information content (AvgIpc) is 2.77. The summed E-state index contributed by atoms with van der Waals surface area (Å²) in [6.07, 6.45) is 2.55. The molecule has 1 unspecified atom stereocenters. The molecule has 1 saturated heterocycles. The summed E-state index contributed by atoms with van der Waals surface area (Å²) < 4.78 is 11.1. The molecule has 1 spiro atoms. The van der Waals surface area contributed by atoms with Crippen molar-refractivity contribution in [2.75, 3.05) is 33.9 Å². The standard InChI is InChI=1S/C24H31N3O3/c1-4-30-22-10-6-9-19(23(22)28)21-16-20(17-7-5-8-18(15-17)29-3)25-24(26-21)11-13-27(2)14-12-24/h5-10,15,21,26,28H,4,11-14,16H2,1-3H3. The van der Waals surface area contributed by atoms with Crippen LogP contribution in [0.25, 0.3) is 0 Å². The topological polar surface area (TPSA) is 66.3 Å². The highest BCUT2D eigenvalue weighted by molar-refractivity contribution is 6.02. The molecule has 0 saturated carbocycles. The number of aliphatic imine (C=N–C) groups is 1. The third kappa shape index (κ3) is 4.16. The van der Waals surface area contributed by atoms with Gasteiger partial charge in [-0.15, -0.1) is 0 Å². The fourth-order valence-corrected chi connectivity index (χ4v) is 4.41. The lowest BCUT2D eigenvalue weighted by molar-refractivity contribution is 0.144. The van der Waals surface area contributed by atoms with Gasteiger partial charge in [-0.2, -0.15) is 0 Å². The van der Waals surface area contributed by atoms with Crippen LogP contribution in [0.5, 0.6) is 17.2 Å². The lowest BCUT2D eigenvalue weighted by Gasteiger charge is -2.44. The zero-order valence-electron chi connectivity index (χ0n) is 18.0. The van der Waals surface area contributed by atoms with Crippen molar-refractivity contribution in [3.05, 3.63) is 53.6 Å². The predicted molar refractivity (Wildman–Crippen MR) is 119 cm³/mol. The van der Waals surface area contributed by atoms with Gasteiger partial charge in [-0.25, -0.2) is 0 Å². The van der Waals surface area contributed by atoms with Crippen LogP contribution in [-0.4, -0.2) is 55.2 Å². The lowest BCUT2D eigenvalue weighted by Crippen LogP contribution is -2.55. The van der Waals surface area contributed by atoms with Crippen LogP contribution >= 0.6 is 0 Å². The van der Waals surface area contributed by atoms with Crippen molar-refractivity contribution in [2.24, 2.45) is 4.99 Å². The average molecular weight is 410 g/mol. The van der Waals surface area contributed by atoms with Crippen LogP contribution in [-0.2, 0) is 0 Å². The maximum Gasteiger partial charge on any atom is 0.162 e. The summed E-state index contributed by atoms with van der Waals surface area (Å²) in [5.41, 5.74) is 2.64. The van der Waals surface area contributed by atoms with Gasteiger partial charge in [0.1, 0.15) is 11.4 Å². The first-order valence-corrected chi connectivity index (χ1v) is 10.7. The Morgan fingerprint density at radius 1 is 1.20 bits per heavy atom. The number of benzene rings is 2. The van der Waals surface area contributed by atoms with E-state index < -0.39 is 0 Å². The fourth-order valence-electron chi connectivity index (χ4n) is 4.41. The largest absolute Gasteiger partial charge is 0.504 e. The van der Waals surface area contributed by atoms with Crippen molar-refractivity contribution in [2.45, 2.75) is 37.9 Å². The zero-order chi connectivity index (χ0) is 21.1. The van der Waals surface area contributed by atoms with E-state index in [4.69, 9.17) is 14.5 Å². The Morgan fingerprint density at radius 2 is 1.97 bits per heavy atom. The Hall–Kier alpha value is -2.57. The Kier molecular flexibility index (Phi) is 5.97. The van der Waals surface area contributed by atoms with E-state index in [1.807, 2.05) is 43.3 Å². The number of methoxy groups -OCH3 is 1. The molecule has 6 nitrogen and oxygen atoms in total. The molecule has 0 aromatic heterocycles. The van der Waals surface area contributed by atoms with Crippen molar-refractivity contribution in [3.63, 3.8) is 0 Å². The molecule has 0 bridgehead atoms. The summed E-state index contributed by atoms with van der Waals surface area (Å²) in [5.74, 6) is 1.57. The highest BCUT2D eigenvalue weighted by atomic mass is 16.5. The van der Waals surface area contributed by atoms with Crippen molar-refractivity contribution < 1.29 is 14.6 Å². The van der Waals surface area contributed by atoms with Crippen LogP contribution in [0.4, 0.5) is 0 Å². The second kappa shape index (κ2) is 8.66. The molecule has 0 amide bonds. The second-order valence-corrected chi connectivity index (χ2v) is 8.15. The number of likely N-dealkylation sites (tertiary alicyclic amines) is 1. The van der Waals surface area contributed by atoms with Gasteiger partial charge in [0.05, 0.1) is 13.7 Å². The molecule has 2 aliphatic heterocycles. The van der Waals surface area contributed by atoms with Gasteiger partial charge in [0, 0.05) is 36.8 Å². The Morgan fingerprint density at radius 3 is 2.70 bits per heavy atom. The Labute approximate surface area is 178 Å². The first kappa shape index (κ1) is 20.7. The summed E-state index contributed by atoms with van der Waals surface area (Å²) >= 11 is 0. The fraction of sp³-hybridized carbons (Fsp3) is 0.458. The van der Waals surface area contributed by atoms with Crippen LogP contribution < -0.4 is 14.8 Å². The number of aromatic hydroxyl groups is 1. The molecule has 2 aliphatic rings. The van der Waals surface area contributed by atoms with Gasteiger partial charge >= 0.3 is 0 Å². The monoisotopic (exact) mass is 409 g/mol. The van der Waals surface area contributed by atoms with Crippen LogP contribution in [0, 0.1) is 0 Å². The minimum atomic E-state index is -0.331. The van der Waals surface area contributed by atoms with Gasteiger partial charge < -0.3 is 19.5 Å². The number of para-hydroxylation sites is 1. The number of phenolic OH excluding ortho intramolecular Hbond substituents is 1. The summed E-state index contributed by atoms with van der Waals surface area (Å²) in [5, 5.41) is 14.7. The Bertz CT molecular complexity index is 920. The molecule has 1 atom stereocenters. The molecule has 6 heteroatoms. The third-order valence-electron chi connectivity index (χ3n) is 6.11. The van der Waals surface area contributed by atoms with Crippen molar-refractivity contribution in [3.8, 4) is 17.2 Å². The normalized spacial score (nSPS) is 21.3. The highest BCUT2D eigenvalue weighted by Gasteiger charge is 2.40. The van der Waals surface area contributed by atoms with Gasteiger partial charge in [0.15, 0.2) is 11.5 Å². The van der Waals surface area contributed by atoms with Crippen molar-refractivity contribution >= 4 is 5.71 Å². The van der Waals surface area contributed by atoms with Crippen molar-refractivity contribution in [1.29, 1.82) is 0 Å². The van der Waals surface area contributed by atoms with E-state index in [-0.39, 0.29) is 17.5 Å². The number of nitrogens with one attached hydrogen (secondary N) is 1. The molecule has 2 aromatic rings. The molecular formula is C24H31N3O3. The number of phenols is 1. The van der Waals surface area contributed by atoms with Gasteiger partial charge in [-0.05, 0) is 50.6 Å². The highest BCUT2D eigenvalue weighted by Crippen LogP contribution is 2.40. The molecule has 2 N–H and O–H groups in total. The predicted octanol–water partition coefficient (Wildman–Crippen LogP) is 3.75. The lowest BCUT2D eigenvalue weighted by atomic mass is 9.87. The zero-order valence-corrected chi connectivity index (χ0v) is 18.0. The van der Waals surface area contributed by atoms with Crippen LogP contribution in [0.2, 0.25) is 0 Å². The van der Waals surface area contributed by atoms with E-state index in [2.05, 4.69) is 23.3 Å². The SMILES string of the molecule is CCOc1cccc(C2CC(c3cccc(OC)c3)=NC3(CCN(C)CC3)N2)c1O. The molecule has 2 heterocycles. The summed E-state index contributed by atoms with van der Waals surface area (Å²) in [4.78, 5) is 7.57. The van der Waals surface area contributed by atoms with Crippen LogP contribution in [0.15, 0.2) is 47.5 Å². The number of ether oxygens (including phenoxy) is 2. The summed E-state index contributed by atoms with van der Waals surface area (Å²) in [6.45, 7) is 4.41. The molecule has 30 heavy (non-hydrogen) atoms. The van der Waals surface area contributed by atoms with E-state index in [9.17, 15) is 5.11 Å². The minimum absolute atomic E-state index is 0.0486. The third-order valence-corrected chi connectivity index (χ3v) is 6.11. The summed E-state index contributed by atoms with van der Waals surface area (Å²) in [6, 6.07) is 13.8. The second-order valence-electron chi connectivity index (χ2n) is 8.15. The number of nitrogens with zero attached hydrogens (tertiary/aromatic N) is 2. The number of rotatable bonds is 5. The molecule has 0 radical (unpaired) electrons. The summed E-state index contributed by atoms with van der Waals surface area (Å²) in [7, 11) is 3.83. The van der Waals surface area contributed by atoms with Crippen LogP contribution in [0.1, 0.15) is 43.4 Å². The van der Waals surface area contributed by atoms with Gasteiger partial charge in [-0.1, -0.05) is 24.3 Å². The van der Waals surface area contributed by atoms with E-state index in [0.29, 0.717) is 18.8 Å². The number of hydrogen-bond donors (Lipinski definition) is 2. The van der Waals surface area contributed by atoms with Gasteiger partial charge in [-0.3, -0.25) is 10.3 Å². The van der Waals surface area contributed by atoms with E-state index in [1.165, 1.54) is 0 Å². The molecule has 160 valence electrons. The number of piperidine rings is 1. The van der Waals surface area contributed by atoms with E-state index >= 15 is 0 Å². The minimum Gasteiger partial charge on any atom is -0.504 e. The molecular weight excluding hydrogens is 378 g/mol. The van der Waals surface area contributed by atoms with Crippen LogP contribution in [0.3, 0.4) is 0 Å². The Balaban J connectivity index is 1.73. The van der Waals surface area contributed by atoms with Gasteiger partial charge in [0.2, 0.25) is 0 Å². The maximum absolute atomic E-state index is 10.9. The first-order valence-electron chi connectivity index (χ1n) is 10.7. The van der Waals surface area contributed by atoms with E-state index in [1.54, 1.807) is 7.11 Å². The number of hydrogen-bond acceptors (Lipinski definition) is 6. The smallest absolute Gasteiger partial charge is 0.162 e. The quantitative estimate of drug-likeness (QED) is 0.787. The van der Waals surface area contributed by atoms with Crippen molar-refractivity contribution in [1.82, 2.24) is 10.2 Å². The van der Waals surface area contributed by atoms with Gasteiger partial charge in [0.25, 0.3) is 0 Å². The molecule has 1 fully saturated rings. The first-order chi connectivity index (χ1) is 14.5. The molecule has 2 aromatic carbocycles. The van der Waals surface area contributed by atoms with E-state index in [0.717, 1.165) is 48.5 Å². The maximum atomic E-state index is 10.9.